The van der Waals surface area contributed by atoms with Crippen molar-refractivity contribution in [3.8, 4) is 5.75 Å². The number of phenolic OH excluding ortho intramolecular Hbond substituents is 1. The fourth-order valence-electron chi connectivity index (χ4n) is 2.63. The summed E-state index contributed by atoms with van der Waals surface area (Å²) in [5, 5.41) is 13.5. The molecule has 0 bridgehead atoms. The van der Waals surface area contributed by atoms with Crippen molar-refractivity contribution in [1.29, 1.82) is 0 Å². The number of nitrogens with one attached hydrogen (secondary N) is 1. The van der Waals surface area contributed by atoms with Crippen LogP contribution in [0.5, 0.6) is 5.75 Å². The average molecular weight is 387 g/mol. The molecular formula is C16H14BrCl2NO. The zero-order valence-corrected chi connectivity index (χ0v) is 14.2. The molecule has 1 fully saturated rings. The summed E-state index contributed by atoms with van der Waals surface area (Å²) < 4.78 is 1.11. The van der Waals surface area contributed by atoms with Gasteiger partial charge >= 0.3 is 0 Å². The number of halogens is 3. The smallest absolute Gasteiger partial charge is 0.152 e. The lowest BCUT2D eigenvalue weighted by Gasteiger charge is -2.37. The van der Waals surface area contributed by atoms with Gasteiger partial charge in [-0.1, -0.05) is 51.3 Å². The van der Waals surface area contributed by atoms with Gasteiger partial charge in [-0.25, -0.2) is 0 Å². The molecule has 0 amide bonds. The zero-order chi connectivity index (χ0) is 15.0. The summed E-state index contributed by atoms with van der Waals surface area (Å²) in [7, 11) is 0. The minimum absolute atomic E-state index is 0.0646. The van der Waals surface area contributed by atoms with Gasteiger partial charge in [-0.2, -0.15) is 0 Å². The SMILES string of the molecule is Oc1c(Cl)cc(NC2CC(c3ccc(Br)cc3)C2)cc1Cl. The Morgan fingerprint density at radius 2 is 1.62 bits per heavy atom. The van der Waals surface area contributed by atoms with Gasteiger partial charge in [0.2, 0.25) is 0 Å². The standard InChI is InChI=1S/C16H14BrCl2NO/c17-11-3-1-9(2-4-11)10-5-12(6-10)20-13-7-14(18)16(21)15(19)8-13/h1-4,7-8,10,12,20-21H,5-6H2. The van der Waals surface area contributed by atoms with Crippen molar-refractivity contribution in [2.24, 2.45) is 0 Å². The Hall–Kier alpha value is -0.900. The van der Waals surface area contributed by atoms with Crippen LogP contribution in [0, 0.1) is 0 Å². The molecule has 1 aliphatic carbocycles. The zero-order valence-electron chi connectivity index (χ0n) is 11.1. The second-order valence-electron chi connectivity index (χ2n) is 5.35. The third-order valence-electron chi connectivity index (χ3n) is 3.87. The Labute approximate surface area is 142 Å². The molecule has 2 aromatic carbocycles. The molecule has 0 saturated heterocycles. The van der Waals surface area contributed by atoms with E-state index in [9.17, 15) is 5.11 Å². The summed E-state index contributed by atoms with van der Waals surface area (Å²) in [6.45, 7) is 0. The van der Waals surface area contributed by atoms with Gasteiger partial charge in [-0.15, -0.1) is 0 Å². The van der Waals surface area contributed by atoms with Gasteiger partial charge < -0.3 is 10.4 Å². The van der Waals surface area contributed by atoms with E-state index in [-0.39, 0.29) is 15.8 Å². The van der Waals surface area contributed by atoms with Gasteiger partial charge in [0.15, 0.2) is 5.75 Å². The minimum Gasteiger partial charge on any atom is -0.505 e. The molecule has 0 heterocycles. The van der Waals surface area contributed by atoms with Gasteiger partial charge in [-0.05, 0) is 48.6 Å². The van der Waals surface area contributed by atoms with Crippen LogP contribution < -0.4 is 5.32 Å². The molecule has 0 atom stereocenters. The highest BCUT2D eigenvalue weighted by Gasteiger charge is 2.30. The van der Waals surface area contributed by atoms with Crippen LogP contribution in [0.1, 0.15) is 24.3 Å². The first kappa shape index (κ1) is 15.0. The van der Waals surface area contributed by atoms with E-state index in [1.54, 1.807) is 12.1 Å². The van der Waals surface area contributed by atoms with Crippen molar-refractivity contribution in [3.05, 3.63) is 56.5 Å². The maximum absolute atomic E-state index is 9.55. The predicted molar refractivity (Wildman–Crippen MR) is 91.7 cm³/mol. The summed E-state index contributed by atoms with van der Waals surface area (Å²) in [4.78, 5) is 0. The van der Waals surface area contributed by atoms with Crippen molar-refractivity contribution >= 4 is 44.8 Å². The molecule has 3 rings (SSSR count). The van der Waals surface area contributed by atoms with Crippen molar-refractivity contribution in [2.45, 2.75) is 24.8 Å². The first-order valence-corrected chi connectivity index (χ1v) is 8.28. The van der Waals surface area contributed by atoms with E-state index < -0.39 is 0 Å². The molecule has 1 saturated carbocycles. The normalized spacial score (nSPS) is 20.9. The van der Waals surface area contributed by atoms with E-state index >= 15 is 0 Å². The lowest BCUT2D eigenvalue weighted by molar-refractivity contribution is 0.374. The van der Waals surface area contributed by atoms with Gasteiger partial charge in [-0.3, -0.25) is 0 Å². The summed E-state index contributed by atoms with van der Waals surface area (Å²) in [6, 6.07) is 12.3. The molecule has 2 N–H and O–H groups in total. The van der Waals surface area contributed by atoms with Crippen molar-refractivity contribution in [2.75, 3.05) is 5.32 Å². The second-order valence-corrected chi connectivity index (χ2v) is 7.08. The quantitative estimate of drug-likeness (QED) is 0.651. The van der Waals surface area contributed by atoms with E-state index in [0.29, 0.717) is 12.0 Å². The molecule has 0 aliphatic heterocycles. The van der Waals surface area contributed by atoms with Gasteiger partial charge in [0, 0.05) is 16.2 Å². The molecule has 21 heavy (non-hydrogen) atoms. The van der Waals surface area contributed by atoms with Crippen LogP contribution in [0.15, 0.2) is 40.9 Å². The predicted octanol–water partition coefficient (Wildman–Crippen LogP) is 5.82. The number of hydrogen-bond acceptors (Lipinski definition) is 2. The first-order chi connectivity index (χ1) is 10.0. The Balaban J connectivity index is 1.61. The Morgan fingerprint density at radius 3 is 2.19 bits per heavy atom. The van der Waals surface area contributed by atoms with Crippen LogP contribution in [0.25, 0.3) is 0 Å². The van der Waals surface area contributed by atoms with Crippen LogP contribution in [0.4, 0.5) is 5.69 Å². The Bertz CT molecular complexity index is 631. The number of phenols is 1. The first-order valence-electron chi connectivity index (χ1n) is 6.73. The largest absolute Gasteiger partial charge is 0.505 e. The topological polar surface area (TPSA) is 32.3 Å². The molecule has 2 nitrogen and oxygen atoms in total. The maximum atomic E-state index is 9.55. The summed E-state index contributed by atoms with van der Waals surface area (Å²) in [5.41, 5.74) is 2.22. The highest BCUT2D eigenvalue weighted by Crippen LogP contribution is 2.40. The molecule has 1 aliphatic rings. The average Bonchev–Trinajstić information content (AvgIpc) is 2.41. The van der Waals surface area contributed by atoms with Crippen LogP contribution in [0.3, 0.4) is 0 Å². The molecule has 0 aromatic heterocycles. The number of anilines is 1. The fraction of sp³-hybridized carbons (Fsp3) is 0.250. The van der Waals surface area contributed by atoms with E-state index in [1.807, 2.05) is 0 Å². The molecule has 2 aromatic rings. The number of aromatic hydroxyl groups is 1. The Kier molecular flexibility index (Phi) is 4.34. The van der Waals surface area contributed by atoms with Crippen molar-refractivity contribution in [3.63, 3.8) is 0 Å². The molecule has 0 radical (unpaired) electrons. The van der Waals surface area contributed by atoms with E-state index in [2.05, 4.69) is 45.5 Å². The highest BCUT2D eigenvalue weighted by molar-refractivity contribution is 9.10. The third kappa shape index (κ3) is 3.31. The molecule has 110 valence electrons. The molecule has 0 unspecified atom stereocenters. The van der Waals surface area contributed by atoms with Crippen LogP contribution in [-0.2, 0) is 0 Å². The van der Waals surface area contributed by atoms with Crippen LogP contribution in [-0.4, -0.2) is 11.1 Å². The fourth-order valence-corrected chi connectivity index (χ4v) is 3.38. The van der Waals surface area contributed by atoms with Crippen LogP contribution >= 0.6 is 39.1 Å². The number of hydrogen-bond donors (Lipinski definition) is 2. The summed E-state index contributed by atoms with van der Waals surface area (Å²) >= 11 is 15.3. The lowest BCUT2D eigenvalue weighted by atomic mass is 9.76. The Morgan fingerprint density at radius 1 is 1.05 bits per heavy atom. The van der Waals surface area contributed by atoms with Crippen molar-refractivity contribution < 1.29 is 5.11 Å². The lowest BCUT2D eigenvalue weighted by Crippen LogP contribution is -2.33. The maximum Gasteiger partial charge on any atom is 0.152 e. The molecule has 5 heteroatoms. The monoisotopic (exact) mass is 385 g/mol. The van der Waals surface area contributed by atoms with Gasteiger partial charge in [0.05, 0.1) is 10.0 Å². The molecular weight excluding hydrogens is 373 g/mol. The number of rotatable bonds is 3. The minimum atomic E-state index is -0.0646. The second kappa shape index (κ2) is 6.07. The van der Waals surface area contributed by atoms with Gasteiger partial charge in [0.1, 0.15) is 0 Å². The third-order valence-corrected chi connectivity index (χ3v) is 4.97. The van der Waals surface area contributed by atoms with E-state index in [4.69, 9.17) is 23.2 Å². The highest BCUT2D eigenvalue weighted by atomic mass is 79.9. The summed E-state index contributed by atoms with van der Waals surface area (Å²) in [5.74, 6) is 0.531. The van der Waals surface area contributed by atoms with Gasteiger partial charge in [0.25, 0.3) is 0 Å². The molecule has 0 spiro atoms. The van der Waals surface area contributed by atoms with Crippen LogP contribution in [0.2, 0.25) is 10.0 Å². The van der Waals surface area contributed by atoms with Crippen molar-refractivity contribution in [1.82, 2.24) is 0 Å². The van der Waals surface area contributed by atoms with E-state index in [0.717, 1.165) is 23.0 Å². The van der Waals surface area contributed by atoms with E-state index in [1.165, 1.54) is 5.56 Å². The number of benzene rings is 2. The summed E-state index contributed by atoms with van der Waals surface area (Å²) in [6.07, 6.45) is 2.16.